The van der Waals surface area contributed by atoms with Gasteiger partial charge in [0.25, 0.3) is 0 Å². The molecule has 0 bridgehead atoms. The van der Waals surface area contributed by atoms with Crippen molar-refractivity contribution in [3.8, 4) is 5.75 Å². The Kier molecular flexibility index (Phi) is 5.20. The molecule has 2 rings (SSSR count). The molecule has 3 heteroatoms. The van der Waals surface area contributed by atoms with Gasteiger partial charge in [-0.2, -0.15) is 0 Å². The van der Waals surface area contributed by atoms with Crippen molar-refractivity contribution in [1.29, 1.82) is 0 Å². The molecule has 1 saturated carbocycles. The molecule has 1 aromatic rings. The predicted molar refractivity (Wildman–Crippen MR) is 74.0 cm³/mol. The van der Waals surface area contributed by atoms with Gasteiger partial charge in [-0.15, -0.1) is 11.8 Å². The molecule has 0 atom stereocenters. The molecule has 0 heterocycles. The van der Waals surface area contributed by atoms with Gasteiger partial charge in [0.15, 0.2) is 0 Å². The van der Waals surface area contributed by atoms with Crippen LogP contribution in [0.3, 0.4) is 0 Å². The van der Waals surface area contributed by atoms with Crippen LogP contribution in [0.15, 0.2) is 29.2 Å². The second-order valence-electron chi connectivity index (χ2n) is 4.46. The van der Waals surface area contributed by atoms with Crippen molar-refractivity contribution >= 4 is 11.8 Å². The summed E-state index contributed by atoms with van der Waals surface area (Å²) in [5.41, 5.74) is 0. The third-order valence-corrected chi connectivity index (χ3v) is 4.01. The lowest BCUT2D eigenvalue weighted by Crippen LogP contribution is -2.17. The van der Waals surface area contributed by atoms with E-state index in [0.717, 1.165) is 11.8 Å². The Morgan fingerprint density at radius 2 is 2.00 bits per heavy atom. The smallest absolute Gasteiger partial charge is 0.118 e. The normalized spacial score (nSPS) is 14.9. The van der Waals surface area contributed by atoms with Crippen LogP contribution in [0.25, 0.3) is 0 Å². The number of hydrogen-bond acceptors (Lipinski definition) is 3. The Morgan fingerprint density at radius 3 is 2.65 bits per heavy atom. The van der Waals surface area contributed by atoms with Crippen LogP contribution in [0, 0.1) is 0 Å². The van der Waals surface area contributed by atoms with Crippen LogP contribution < -0.4 is 10.1 Å². The van der Waals surface area contributed by atoms with E-state index in [1.807, 2.05) is 23.9 Å². The van der Waals surface area contributed by atoms with Crippen LogP contribution in [-0.4, -0.2) is 25.4 Å². The molecule has 17 heavy (non-hydrogen) atoms. The van der Waals surface area contributed by atoms with E-state index < -0.39 is 0 Å². The fraction of sp³-hybridized carbons (Fsp3) is 0.571. The number of benzene rings is 1. The second kappa shape index (κ2) is 6.92. The van der Waals surface area contributed by atoms with Gasteiger partial charge in [0.05, 0.1) is 7.11 Å². The minimum atomic E-state index is 0.851. The summed E-state index contributed by atoms with van der Waals surface area (Å²) in [6, 6.07) is 9.16. The standard InChI is InChI=1S/C14H21NOS/c1-16-13-6-8-14(9-7-13)17-11-3-2-10-15-12-4-5-12/h6-9,12,15H,2-5,10-11H2,1H3. The first-order valence-electron chi connectivity index (χ1n) is 6.39. The van der Waals surface area contributed by atoms with E-state index in [2.05, 4.69) is 17.4 Å². The Balaban J connectivity index is 1.53. The Labute approximate surface area is 108 Å². The summed E-state index contributed by atoms with van der Waals surface area (Å²) in [6.07, 6.45) is 5.36. The first kappa shape index (κ1) is 12.8. The molecule has 1 N–H and O–H groups in total. The second-order valence-corrected chi connectivity index (χ2v) is 5.63. The summed E-state index contributed by atoms with van der Waals surface area (Å²) in [6.45, 7) is 1.19. The number of rotatable bonds is 8. The van der Waals surface area contributed by atoms with E-state index in [1.54, 1.807) is 7.11 Å². The van der Waals surface area contributed by atoms with Crippen LogP contribution in [-0.2, 0) is 0 Å². The molecule has 94 valence electrons. The molecule has 1 fully saturated rings. The average Bonchev–Trinajstić information content (AvgIpc) is 3.18. The van der Waals surface area contributed by atoms with Crippen LogP contribution >= 0.6 is 11.8 Å². The van der Waals surface area contributed by atoms with Gasteiger partial charge < -0.3 is 10.1 Å². The lowest BCUT2D eigenvalue weighted by atomic mass is 10.3. The maximum Gasteiger partial charge on any atom is 0.118 e. The largest absolute Gasteiger partial charge is 0.497 e. The van der Waals surface area contributed by atoms with Gasteiger partial charge in [0.2, 0.25) is 0 Å². The molecule has 1 aliphatic carbocycles. The van der Waals surface area contributed by atoms with Gasteiger partial charge in [-0.1, -0.05) is 0 Å². The molecule has 0 spiro atoms. The van der Waals surface area contributed by atoms with E-state index in [-0.39, 0.29) is 0 Å². The quantitative estimate of drug-likeness (QED) is 0.566. The summed E-state index contributed by atoms with van der Waals surface area (Å²) in [5.74, 6) is 2.14. The van der Waals surface area contributed by atoms with Gasteiger partial charge in [0, 0.05) is 10.9 Å². The van der Waals surface area contributed by atoms with Gasteiger partial charge in [-0.3, -0.25) is 0 Å². The van der Waals surface area contributed by atoms with Crippen LogP contribution in [0.2, 0.25) is 0 Å². The maximum atomic E-state index is 5.14. The van der Waals surface area contributed by atoms with E-state index >= 15 is 0 Å². The molecular weight excluding hydrogens is 230 g/mol. The summed E-state index contributed by atoms with van der Waals surface area (Å²) in [7, 11) is 1.70. The molecular formula is C14H21NOS. The van der Waals surface area contributed by atoms with E-state index in [0.29, 0.717) is 0 Å². The number of unbranched alkanes of at least 4 members (excludes halogenated alkanes) is 1. The van der Waals surface area contributed by atoms with Crippen molar-refractivity contribution in [1.82, 2.24) is 5.32 Å². The highest BCUT2D eigenvalue weighted by molar-refractivity contribution is 7.99. The molecule has 2 nitrogen and oxygen atoms in total. The molecule has 0 amide bonds. The van der Waals surface area contributed by atoms with Crippen molar-refractivity contribution in [2.75, 3.05) is 19.4 Å². The zero-order valence-corrected chi connectivity index (χ0v) is 11.3. The first-order valence-corrected chi connectivity index (χ1v) is 7.37. The van der Waals surface area contributed by atoms with Crippen LogP contribution in [0.1, 0.15) is 25.7 Å². The topological polar surface area (TPSA) is 21.3 Å². The van der Waals surface area contributed by atoms with Crippen molar-refractivity contribution in [3.05, 3.63) is 24.3 Å². The highest BCUT2D eigenvalue weighted by Crippen LogP contribution is 2.22. The highest BCUT2D eigenvalue weighted by atomic mass is 32.2. The fourth-order valence-electron chi connectivity index (χ4n) is 1.68. The lowest BCUT2D eigenvalue weighted by molar-refractivity contribution is 0.414. The van der Waals surface area contributed by atoms with E-state index in [1.165, 1.54) is 42.9 Å². The molecule has 0 saturated heterocycles. The minimum absolute atomic E-state index is 0.851. The minimum Gasteiger partial charge on any atom is -0.497 e. The fourth-order valence-corrected chi connectivity index (χ4v) is 2.60. The third kappa shape index (κ3) is 5.00. The highest BCUT2D eigenvalue weighted by Gasteiger charge is 2.19. The Morgan fingerprint density at radius 1 is 1.24 bits per heavy atom. The molecule has 1 aromatic carbocycles. The van der Waals surface area contributed by atoms with Crippen molar-refractivity contribution in [2.45, 2.75) is 36.6 Å². The number of ether oxygens (including phenoxy) is 1. The number of hydrogen-bond donors (Lipinski definition) is 1. The molecule has 0 unspecified atom stereocenters. The zero-order chi connectivity index (χ0) is 11.9. The monoisotopic (exact) mass is 251 g/mol. The molecule has 0 aliphatic heterocycles. The summed E-state index contributed by atoms with van der Waals surface area (Å²) >= 11 is 1.93. The Hall–Kier alpha value is -0.670. The molecule has 0 aromatic heterocycles. The van der Waals surface area contributed by atoms with Crippen LogP contribution in [0.5, 0.6) is 5.75 Å². The molecule has 0 radical (unpaired) electrons. The summed E-state index contributed by atoms with van der Waals surface area (Å²) in [4.78, 5) is 1.33. The van der Waals surface area contributed by atoms with E-state index in [9.17, 15) is 0 Å². The summed E-state index contributed by atoms with van der Waals surface area (Å²) < 4.78 is 5.14. The number of methoxy groups -OCH3 is 1. The van der Waals surface area contributed by atoms with Crippen molar-refractivity contribution in [3.63, 3.8) is 0 Å². The lowest BCUT2D eigenvalue weighted by Gasteiger charge is -2.04. The summed E-state index contributed by atoms with van der Waals surface area (Å²) in [5, 5.41) is 3.54. The van der Waals surface area contributed by atoms with Gasteiger partial charge in [-0.25, -0.2) is 0 Å². The SMILES string of the molecule is COc1ccc(SCCCCNC2CC2)cc1. The third-order valence-electron chi connectivity index (χ3n) is 2.91. The molecule has 1 aliphatic rings. The predicted octanol–water partition coefficient (Wildman–Crippen LogP) is 3.32. The average molecular weight is 251 g/mol. The first-order chi connectivity index (χ1) is 8.38. The number of thioether (sulfide) groups is 1. The van der Waals surface area contributed by atoms with E-state index in [4.69, 9.17) is 4.74 Å². The van der Waals surface area contributed by atoms with Gasteiger partial charge in [-0.05, 0) is 62.2 Å². The number of nitrogens with one attached hydrogen (secondary N) is 1. The van der Waals surface area contributed by atoms with Gasteiger partial charge in [0.1, 0.15) is 5.75 Å². The van der Waals surface area contributed by atoms with Gasteiger partial charge >= 0.3 is 0 Å². The maximum absolute atomic E-state index is 5.14. The zero-order valence-electron chi connectivity index (χ0n) is 10.4. The van der Waals surface area contributed by atoms with Crippen LogP contribution in [0.4, 0.5) is 0 Å². The Bertz CT molecular complexity index is 321. The van der Waals surface area contributed by atoms with Crippen molar-refractivity contribution in [2.24, 2.45) is 0 Å². The van der Waals surface area contributed by atoms with Crippen molar-refractivity contribution < 1.29 is 4.74 Å².